The summed E-state index contributed by atoms with van der Waals surface area (Å²) in [5.74, 6) is 0. The van der Waals surface area contributed by atoms with E-state index in [0.29, 0.717) is 0 Å². The Morgan fingerprint density at radius 1 is 1.60 bits per heavy atom. The largest absolute Gasteiger partial charge is 0.457 e. The fourth-order valence-corrected chi connectivity index (χ4v) is 0.776. The first kappa shape index (κ1) is 6.86. The predicted molar refractivity (Wildman–Crippen MR) is 39.7 cm³/mol. The van der Waals surface area contributed by atoms with Crippen molar-refractivity contribution in [1.29, 1.82) is 5.41 Å². The van der Waals surface area contributed by atoms with Crippen LogP contribution < -0.4 is 0 Å². The molecule has 3 heteroatoms. The molecule has 0 aliphatic carbocycles. The molecule has 1 heterocycles. The Morgan fingerprint density at radius 2 is 2.40 bits per heavy atom. The normalized spacial score (nSPS) is 22.9. The van der Waals surface area contributed by atoms with Gasteiger partial charge in [0, 0.05) is 13.2 Å². The first-order chi connectivity index (χ1) is 4.84. The van der Waals surface area contributed by atoms with Crippen LogP contribution in [0.1, 0.15) is 0 Å². The van der Waals surface area contributed by atoms with Crippen molar-refractivity contribution in [3.8, 4) is 0 Å². The lowest BCUT2D eigenvalue weighted by Gasteiger charge is -2.24. The molecule has 1 aliphatic heterocycles. The topological polar surface area (TPSA) is 36.3 Å². The molecule has 1 atom stereocenters. The maximum atomic E-state index is 6.70. The highest BCUT2D eigenvalue weighted by molar-refractivity contribution is 5.42. The lowest BCUT2D eigenvalue weighted by atomic mass is 10.3. The number of nitrogens with one attached hydrogen (secondary N) is 1. The van der Waals surface area contributed by atoms with Crippen molar-refractivity contribution in [1.82, 2.24) is 4.90 Å². The van der Waals surface area contributed by atoms with Gasteiger partial charge >= 0.3 is 0 Å². The van der Waals surface area contributed by atoms with E-state index >= 15 is 0 Å². The van der Waals surface area contributed by atoms with Crippen molar-refractivity contribution in [2.75, 3.05) is 7.05 Å². The first-order valence-corrected chi connectivity index (χ1v) is 3.06. The van der Waals surface area contributed by atoms with Crippen LogP contribution in [-0.2, 0) is 4.74 Å². The summed E-state index contributed by atoms with van der Waals surface area (Å²) in [6.07, 6.45) is 8.43. The lowest BCUT2D eigenvalue weighted by molar-refractivity contribution is 0.117. The zero-order valence-electron chi connectivity index (χ0n) is 5.82. The van der Waals surface area contributed by atoms with Crippen LogP contribution in [0.25, 0.3) is 0 Å². The Morgan fingerprint density at radius 3 is 3.00 bits per heavy atom. The van der Waals surface area contributed by atoms with E-state index in [2.05, 4.69) is 0 Å². The Labute approximate surface area is 60.1 Å². The summed E-state index contributed by atoms with van der Waals surface area (Å²) in [5, 5.41) is 6.70. The van der Waals surface area contributed by atoms with Gasteiger partial charge in [-0.1, -0.05) is 6.08 Å². The first-order valence-electron chi connectivity index (χ1n) is 3.06. The summed E-state index contributed by atoms with van der Waals surface area (Å²) in [6.45, 7) is 0. The van der Waals surface area contributed by atoms with E-state index in [0.717, 1.165) is 6.40 Å². The van der Waals surface area contributed by atoms with Gasteiger partial charge in [-0.05, 0) is 12.2 Å². The van der Waals surface area contributed by atoms with Gasteiger partial charge in [-0.25, -0.2) is 0 Å². The van der Waals surface area contributed by atoms with Gasteiger partial charge in [-0.15, -0.1) is 0 Å². The van der Waals surface area contributed by atoms with Crippen LogP contribution in [0.5, 0.6) is 0 Å². The number of nitrogens with zero attached hydrogens (tertiary/aromatic N) is 1. The van der Waals surface area contributed by atoms with Gasteiger partial charge in [-0.2, -0.15) is 0 Å². The highest BCUT2D eigenvalue weighted by atomic mass is 16.5. The molecule has 0 aromatic heterocycles. The third kappa shape index (κ3) is 1.37. The van der Waals surface area contributed by atoms with Gasteiger partial charge in [0.2, 0.25) is 0 Å². The molecular weight excluding hydrogens is 128 g/mol. The highest BCUT2D eigenvalue weighted by Gasteiger charge is 2.08. The minimum Gasteiger partial charge on any atom is -0.457 e. The molecule has 10 heavy (non-hydrogen) atoms. The fraction of sp³-hybridized carbons (Fsp3) is 0.286. The van der Waals surface area contributed by atoms with Crippen LogP contribution in [0, 0.1) is 5.41 Å². The van der Waals surface area contributed by atoms with E-state index in [-0.39, 0.29) is 6.23 Å². The van der Waals surface area contributed by atoms with Crippen LogP contribution in [0.15, 0.2) is 24.4 Å². The molecule has 0 amide bonds. The Kier molecular flexibility index (Phi) is 2.10. The van der Waals surface area contributed by atoms with Crippen LogP contribution in [0.4, 0.5) is 0 Å². The van der Waals surface area contributed by atoms with Crippen LogP contribution in [-0.4, -0.2) is 24.6 Å². The number of likely N-dealkylation sites (N-methyl/N-ethyl adjacent to an activating group) is 1. The fourth-order valence-electron chi connectivity index (χ4n) is 0.776. The van der Waals surface area contributed by atoms with Gasteiger partial charge in [0.15, 0.2) is 12.6 Å². The lowest BCUT2D eigenvalue weighted by Crippen LogP contribution is -2.28. The van der Waals surface area contributed by atoms with Gasteiger partial charge in [0.1, 0.15) is 0 Å². The summed E-state index contributed by atoms with van der Waals surface area (Å²) in [4.78, 5) is 1.88. The van der Waals surface area contributed by atoms with Gasteiger partial charge in [0.25, 0.3) is 0 Å². The van der Waals surface area contributed by atoms with Crippen molar-refractivity contribution in [3.05, 3.63) is 24.4 Å². The van der Waals surface area contributed by atoms with E-state index in [4.69, 9.17) is 10.1 Å². The Balaban J connectivity index is 2.52. The molecule has 0 spiro atoms. The molecule has 1 rings (SSSR count). The average Bonchev–Trinajstić information content (AvgIpc) is 1.94. The molecule has 0 saturated carbocycles. The summed E-state index contributed by atoms with van der Waals surface area (Å²) >= 11 is 0. The number of allylic oxidation sites excluding steroid dienone is 2. The van der Waals surface area contributed by atoms with Crippen molar-refractivity contribution < 1.29 is 4.74 Å². The summed E-state index contributed by atoms with van der Waals surface area (Å²) in [7, 11) is 1.90. The summed E-state index contributed by atoms with van der Waals surface area (Å²) < 4.78 is 4.92. The molecule has 0 bridgehead atoms. The zero-order chi connectivity index (χ0) is 7.40. The SMILES string of the molecule is CN1C=CC=CC1OC=N. The van der Waals surface area contributed by atoms with Crippen molar-refractivity contribution in [2.24, 2.45) is 0 Å². The third-order valence-electron chi connectivity index (χ3n) is 1.32. The average molecular weight is 138 g/mol. The predicted octanol–water partition coefficient (Wildman–Crippen LogP) is 0.951. The van der Waals surface area contributed by atoms with E-state index in [9.17, 15) is 0 Å². The van der Waals surface area contributed by atoms with Crippen molar-refractivity contribution in [3.63, 3.8) is 0 Å². The van der Waals surface area contributed by atoms with E-state index in [1.165, 1.54) is 0 Å². The molecular formula is C7H10N2O. The second kappa shape index (κ2) is 3.06. The zero-order valence-corrected chi connectivity index (χ0v) is 5.82. The molecule has 3 nitrogen and oxygen atoms in total. The number of rotatable bonds is 2. The maximum absolute atomic E-state index is 6.70. The van der Waals surface area contributed by atoms with E-state index in [1.807, 2.05) is 36.4 Å². The molecule has 1 N–H and O–H groups in total. The smallest absolute Gasteiger partial charge is 0.192 e. The van der Waals surface area contributed by atoms with Crippen molar-refractivity contribution in [2.45, 2.75) is 6.23 Å². The molecule has 0 aromatic carbocycles. The van der Waals surface area contributed by atoms with Gasteiger partial charge in [-0.3, -0.25) is 5.41 Å². The van der Waals surface area contributed by atoms with Crippen LogP contribution in [0.3, 0.4) is 0 Å². The minimum absolute atomic E-state index is 0.109. The second-order valence-corrected chi connectivity index (χ2v) is 2.04. The number of hydrogen-bond donors (Lipinski definition) is 1. The van der Waals surface area contributed by atoms with E-state index in [1.54, 1.807) is 0 Å². The Bertz CT molecular complexity index is 174. The summed E-state index contributed by atoms with van der Waals surface area (Å²) in [6, 6.07) is 0. The third-order valence-corrected chi connectivity index (χ3v) is 1.32. The maximum Gasteiger partial charge on any atom is 0.192 e. The molecule has 54 valence electrons. The van der Waals surface area contributed by atoms with Crippen LogP contribution >= 0.6 is 0 Å². The van der Waals surface area contributed by atoms with E-state index < -0.39 is 0 Å². The molecule has 1 unspecified atom stereocenters. The summed E-state index contributed by atoms with van der Waals surface area (Å²) in [5.41, 5.74) is 0. The second-order valence-electron chi connectivity index (χ2n) is 2.04. The molecule has 0 aromatic rings. The van der Waals surface area contributed by atoms with Crippen molar-refractivity contribution >= 4 is 6.40 Å². The molecule has 0 radical (unpaired) electrons. The quantitative estimate of drug-likeness (QED) is 0.455. The highest BCUT2D eigenvalue weighted by Crippen LogP contribution is 2.04. The molecule has 0 saturated heterocycles. The Hall–Kier alpha value is -1.25. The molecule has 1 aliphatic rings. The van der Waals surface area contributed by atoms with Crippen LogP contribution in [0.2, 0.25) is 0 Å². The monoisotopic (exact) mass is 138 g/mol. The van der Waals surface area contributed by atoms with Gasteiger partial charge < -0.3 is 9.64 Å². The standard InChI is InChI=1S/C7H10N2O/c1-9-5-3-2-4-7(9)10-6-8/h2-8H,1H3. The number of hydrogen-bond acceptors (Lipinski definition) is 3. The number of ether oxygens (including phenoxy) is 1. The molecule has 0 fully saturated rings. The minimum atomic E-state index is -0.109. The van der Waals surface area contributed by atoms with Gasteiger partial charge in [0.05, 0.1) is 0 Å².